The Morgan fingerprint density at radius 3 is 2.21 bits per heavy atom. The van der Waals surface area contributed by atoms with Gasteiger partial charge in [0.25, 0.3) is 0 Å². The van der Waals surface area contributed by atoms with Crippen molar-refractivity contribution in [2.75, 3.05) is 35.2 Å². The first kappa shape index (κ1) is 66.3. The molecule has 2 aromatic carbocycles. The third kappa shape index (κ3) is 18.7. The van der Waals surface area contributed by atoms with E-state index in [1.54, 1.807) is 19.3 Å². The number of methoxy groups -OCH3 is 4. The Morgan fingerprint density at radius 1 is 0.852 bits per heavy atom. The molecule has 0 bridgehead atoms. The van der Waals surface area contributed by atoms with Gasteiger partial charge in [-0.2, -0.15) is 0 Å². The molecule has 81 heavy (non-hydrogen) atoms. The van der Waals surface area contributed by atoms with E-state index >= 15 is 0 Å². The maximum atomic E-state index is 13.9. The lowest BCUT2D eigenvalue weighted by Crippen LogP contribution is -2.63. The zero-order valence-electron chi connectivity index (χ0n) is 49.3. The number of rotatable bonds is 30. The van der Waals surface area contributed by atoms with E-state index in [1.807, 2.05) is 107 Å². The predicted molar refractivity (Wildman–Crippen MR) is 301 cm³/mol. The number of carboxylic acid groups (broad SMARTS) is 1. The summed E-state index contributed by atoms with van der Waals surface area (Å²) in [6, 6.07) is 17.3. The number of esters is 3. The molecular weight excluding hydrogens is 1040 g/mol. The molecule has 0 radical (unpaired) electrons. The number of unbranched alkanes of at least 4 members (excludes halogenated alkanes) is 1. The largest absolute Gasteiger partial charge is 0.497 e. The molecule has 18 heteroatoms. The lowest BCUT2D eigenvalue weighted by Gasteiger charge is -2.55. The number of benzene rings is 2. The molecule has 0 spiro atoms. The molecule has 0 aromatic heterocycles. The quantitative estimate of drug-likeness (QED) is 0.0141. The topological polar surface area (TPSA) is 219 Å². The van der Waals surface area contributed by atoms with Crippen LogP contribution in [0.15, 0.2) is 115 Å². The molecule has 0 amide bonds. The molecule has 2 N–H and O–H groups in total. The summed E-state index contributed by atoms with van der Waals surface area (Å²) in [5.41, 5.74) is 0.970. The van der Waals surface area contributed by atoms with E-state index in [-0.39, 0.29) is 45.5 Å². The molecule has 448 valence electrons. The highest BCUT2D eigenvalue weighted by Gasteiger charge is 2.61. The minimum atomic E-state index is -1.83. The Kier molecular flexibility index (Phi) is 25.5. The van der Waals surface area contributed by atoms with Gasteiger partial charge in [0.2, 0.25) is 5.79 Å². The molecular formula is C63H88O18. The van der Waals surface area contributed by atoms with E-state index < -0.39 is 108 Å². The molecule has 11 atom stereocenters. The second-order valence-electron chi connectivity index (χ2n) is 22.2. The van der Waals surface area contributed by atoms with Crippen LogP contribution < -0.4 is 4.74 Å². The van der Waals surface area contributed by atoms with Crippen molar-refractivity contribution in [3.05, 3.63) is 126 Å². The maximum Gasteiger partial charge on any atom is 0.331 e. The molecule has 0 saturated carbocycles. The van der Waals surface area contributed by atoms with Gasteiger partial charge in [-0.05, 0) is 61.4 Å². The fraction of sp³-hybridized carbons (Fsp3) is 0.587. The van der Waals surface area contributed by atoms with Crippen LogP contribution in [0.5, 0.6) is 5.75 Å². The number of ether oxygens (including phenoxy) is 12. The second kappa shape index (κ2) is 31.2. The Bertz CT molecular complexity index is 2460. The fourth-order valence-electron chi connectivity index (χ4n) is 10.8. The van der Waals surface area contributed by atoms with Crippen LogP contribution >= 0.6 is 0 Å². The third-order valence-corrected chi connectivity index (χ3v) is 15.3. The average molecular weight is 1130 g/mol. The van der Waals surface area contributed by atoms with Crippen LogP contribution in [0.1, 0.15) is 124 Å². The summed E-state index contributed by atoms with van der Waals surface area (Å²) in [5.74, 6) is -5.62. The van der Waals surface area contributed by atoms with Crippen LogP contribution in [0.2, 0.25) is 0 Å². The van der Waals surface area contributed by atoms with Gasteiger partial charge >= 0.3 is 23.9 Å². The lowest BCUT2D eigenvalue weighted by molar-refractivity contribution is -0.358. The van der Waals surface area contributed by atoms with Crippen molar-refractivity contribution in [2.45, 2.75) is 192 Å². The first-order valence-corrected chi connectivity index (χ1v) is 27.9. The van der Waals surface area contributed by atoms with Crippen LogP contribution in [-0.4, -0.2) is 136 Å². The predicted octanol–water partition coefficient (Wildman–Crippen LogP) is 10.00. The van der Waals surface area contributed by atoms with Crippen molar-refractivity contribution < 1.29 is 86.2 Å². The monoisotopic (exact) mass is 1130 g/mol. The molecule has 18 nitrogen and oxygen atoms in total. The minimum absolute atomic E-state index is 0.0295. The van der Waals surface area contributed by atoms with E-state index in [2.05, 4.69) is 13.5 Å². The number of hydrogen-bond acceptors (Lipinski definition) is 17. The number of hydrogen-bond donors (Lipinski definition) is 2. The van der Waals surface area contributed by atoms with Gasteiger partial charge in [-0.15, -0.1) is 0 Å². The van der Waals surface area contributed by atoms with Crippen LogP contribution in [0.25, 0.3) is 0 Å². The van der Waals surface area contributed by atoms with Gasteiger partial charge in [0.15, 0.2) is 11.9 Å². The molecule has 3 aliphatic rings. The summed E-state index contributed by atoms with van der Waals surface area (Å²) in [5, 5.41) is 20.1. The summed E-state index contributed by atoms with van der Waals surface area (Å²) in [7, 11) is 5.84. The van der Waals surface area contributed by atoms with Crippen LogP contribution in [0, 0.1) is 10.8 Å². The highest BCUT2D eigenvalue weighted by atomic mass is 16.7. The molecule has 0 unspecified atom stereocenters. The Morgan fingerprint density at radius 2 is 1.57 bits per heavy atom. The van der Waals surface area contributed by atoms with Crippen molar-refractivity contribution in [3.8, 4) is 5.75 Å². The first-order valence-electron chi connectivity index (χ1n) is 27.9. The number of aliphatic hydroxyl groups excluding tert-OH is 1. The molecule has 3 fully saturated rings. The Labute approximate surface area is 478 Å². The first-order chi connectivity index (χ1) is 38.5. The normalized spacial score (nSPS) is 26.8. The second-order valence-corrected chi connectivity index (χ2v) is 22.2. The summed E-state index contributed by atoms with van der Waals surface area (Å²) in [6.45, 7) is 17.7. The van der Waals surface area contributed by atoms with Gasteiger partial charge < -0.3 is 67.1 Å². The van der Waals surface area contributed by atoms with Crippen LogP contribution in [-0.2, 0) is 84.5 Å². The van der Waals surface area contributed by atoms with E-state index in [1.165, 1.54) is 40.4 Å². The number of aliphatic carboxylic acids is 1. The van der Waals surface area contributed by atoms with E-state index in [0.29, 0.717) is 30.8 Å². The highest BCUT2D eigenvalue weighted by Crippen LogP contribution is 2.52. The minimum Gasteiger partial charge on any atom is -0.497 e. The molecule has 3 saturated heterocycles. The number of allylic oxidation sites excluding steroid dienone is 3. The fourth-order valence-corrected chi connectivity index (χ4v) is 10.8. The molecule has 2 aromatic rings. The third-order valence-electron chi connectivity index (χ3n) is 15.3. The lowest BCUT2D eigenvalue weighted by atomic mass is 9.70. The summed E-state index contributed by atoms with van der Waals surface area (Å²) in [6.07, 6.45) is 7.41. The average Bonchev–Trinajstić information content (AvgIpc) is 3.08. The molecule has 3 heterocycles. The van der Waals surface area contributed by atoms with Crippen molar-refractivity contribution in [2.24, 2.45) is 10.8 Å². The molecule has 5 rings (SSSR count). The zero-order valence-corrected chi connectivity index (χ0v) is 49.3. The number of carbonyl (C=O) groups excluding carboxylic acids is 3. The van der Waals surface area contributed by atoms with Gasteiger partial charge in [-0.25, -0.2) is 9.59 Å². The maximum absolute atomic E-state index is 13.9. The van der Waals surface area contributed by atoms with E-state index in [4.69, 9.17) is 56.8 Å². The SMILES string of the molecule is C=C1C[C@@H](C[C@]2(OC)O[C@H](C[C@@H](O)CC(=O)O)C[C@H](OC(C)=O)C2(C)C)O[C@@H](/C=C/C(C)(C)[C@]2(OC)O[C@H](C[C@@H](OCc3ccc(OC)cc3)[C@@H](C)OCOCc3ccccc3)C/C(=C\C(=O)OC)[C@@H]2OC(=O)/C=C/C=C/CCC)C1. The standard InChI is InChI=1S/C63H88O18/c1-13-14-15-16-20-23-57(68)79-59-47(33-58(69)71-10)32-51(36-54(75-40-46-24-26-49(70-9)27-25-46)43(3)76-41-74-39-45-21-18-17-19-22-45)81-63(59,73-12)60(5,6)29-28-50-30-42(2)31-53(78-50)38-62(72-11)61(7,8)55(77-44(4)64)37-52(80-62)34-48(65)35-56(66)67/h15-29,33,43,48,50-55,59,65H,2,13-14,30-32,34-41H2,1,3-12H3,(H,66,67)/b16-15+,23-20+,29-28+,47-33+/t43-,48-,50+,51+,52-,53+,54-,55+,59+,62+,63-/m1/s1. The number of aliphatic hydroxyl groups is 1. The van der Waals surface area contributed by atoms with Crippen molar-refractivity contribution in [3.63, 3.8) is 0 Å². The number of carboxylic acids is 1. The summed E-state index contributed by atoms with van der Waals surface area (Å²) < 4.78 is 75.4. The smallest absolute Gasteiger partial charge is 0.331 e. The highest BCUT2D eigenvalue weighted by molar-refractivity contribution is 5.84. The van der Waals surface area contributed by atoms with Crippen LogP contribution in [0.4, 0.5) is 0 Å². The Hall–Kier alpha value is -5.54. The van der Waals surface area contributed by atoms with E-state index in [9.17, 15) is 29.4 Å². The van der Waals surface area contributed by atoms with E-state index in [0.717, 1.165) is 29.5 Å². The van der Waals surface area contributed by atoms with Gasteiger partial charge in [0, 0.05) is 64.4 Å². The zero-order chi connectivity index (χ0) is 59.4. The number of carbonyl (C=O) groups is 4. The van der Waals surface area contributed by atoms with Crippen molar-refractivity contribution in [1.29, 1.82) is 0 Å². The van der Waals surface area contributed by atoms with Crippen LogP contribution in [0.3, 0.4) is 0 Å². The van der Waals surface area contributed by atoms with Gasteiger partial charge in [0.1, 0.15) is 18.6 Å². The van der Waals surface area contributed by atoms with Crippen molar-refractivity contribution >= 4 is 23.9 Å². The Balaban J connectivity index is 1.51. The van der Waals surface area contributed by atoms with Gasteiger partial charge in [0.05, 0.1) is 82.0 Å². The molecule has 0 aliphatic carbocycles. The van der Waals surface area contributed by atoms with Gasteiger partial charge in [-0.1, -0.05) is 126 Å². The van der Waals surface area contributed by atoms with Crippen molar-refractivity contribution in [1.82, 2.24) is 0 Å². The van der Waals surface area contributed by atoms with Gasteiger partial charge in [-0.3, -0.25) is 9.59 Å². The summed E-state index contributed by atoms with van der Waals surface area (Å²) >= 11 is 0. The molecule has 3 aliphatic heterocycles. The summed E-state index contributed by atoms with van der Waals surface area (Å²) in [4.78, 5) is 51.3.